The standard InChI is InChI=1S/C6H14N.C2H6.CH4O.Y/c1-3-4-5-6-7-2;2*1-2;/h3-6H2,1-2H3;1-2H3;2H,1H3;/q-1;;;. The number of nitrogens with zero attached hydrogens (tertiary/aromatic N) is 1. The molecule has 0 heterocycles. The van der Waals surface area contributed by atoms with Crippen molar-refractivity contribution in [3.63, 3.8) is 0 Å². The van der Waals surface area contributed by atoms with Gasteiger partial charge >= 0.3 is 0 Å². The van der Waals surface area contributed by atoms with Crippen molar-refractivity contribution < 1.29 is 37.8 Å². The molecule has 2 nitrogen and oxygen atoms in total. The van der Waals surface area contributed by atoms with Crippen LogP contribution < -0.4 is 0 Å². The summed E-state index contributed by atoms with van der Waals surface area (Å²) in [6, 6.07) is 0. The zero-order valence-corrected chi connectivity index (χ0v) is 12.1. The van der Waals surface area contributed by atoms with E-state index in [1.54, 1.807) is 0 Å². The molecule has 0 unspecified atom stereocenters. The zero-order chi connectivity index (χ0) is 9.54. The van der Waals surface area contributed by atoms with Gasteiger partial charge in [0.1, 0.15) is 0 Å². The van der Waals surface area contributed by atoms with E-state index in [9.17, 15) is 0 Å². The molecule has 0 aliphatic heterocycles. The quantitative estimate of drug-likeness (QED) is 0.766. The van der Waals surface area contributed by atoms with Gasteiger partial charge in [-0.05, 0) is 0 Å². The van der Waals surface area contributed by atoms with Crippen molar-refractivity contribution in [2.45, 2.75) is 40.0 Å². The van der Waals surface area contributed by atoms with E-state index in [1.165, 1.54) is 19.3 Å². The van der Waals surface area contributed by atoms with Gasteiger partial charge in [-0.3, -0.25) is 0 Å². The second-order valence-corrected chi connectivity index (χ2v) is 1.75. The van der Waals surface area contributed by atoms with Crippen LogP contribution in [0.15, 0.2) is 0 Å². The molecule has 0 amide bonds. The molecule has 1 radical (unpaired) electrons. The fraction of sp³-hybridized carbons (Fsp3) is 1.00. The largest absolute Gasteiger partial charge is 0.665 e. The van der Waals surface area contributed by atoms with Crippen molar-refractivity contribution >= 4 is 0 Å². The second-order valence-electron chi connectivity index (χ2n) is 1.75. The van der Waals surface area contributed by atoms with Crippen LogP contribution in [0.5, 0.6) is 0 Å². The zero-order valence-electron chi connectivity index (χ0n) is 9.30. The van der Waals surface area contributed by atoms with Crippen molar-refractivity contribution in [3.8, 4) is 0 Å². The Balaban J connectivity index is -0.0000000560. The molecule has 12 heavy (non-hydrogen) atoms. The Kier molecular flexibility index (Phi) is 77.6. The molecule has 0 saturated carbocycles. The van der Waals surface area contributed by atoms with E-state index in [4.69, 9.17) is 5.11 Å². The molecule has 0 aromatic carbocycles. The summed E-state index contributed by atoms with van der Waals surface area (Å²) in [6.07, 6.45) is 3.90. The van der Waals surface area contributed by atoms with Crippen LogP contribution in [0.25, 0.3) is 5.32 Å². The van der Waals surface area contributed by atoms with Crippen LogP contribution in [0.4, 0.5) is 0 Å². The van der Waals surface area contributed by atoms with Crippen LogP contribution in [-0.2, 0) is 32.7 Å². The van der Waals surface area contributed by atoms with Crippen molar-refractivity contribution in [2.24, 2.45) is 0 Å². The van der Waals surface area contributed by atoms with Gasteiger partial charge in [-0.1, -0.05) is 40.0 Å². The van der Waals surface area contributed by atoms with E-state index in [0.717, 1.165) is 13.7 Å². The summed E-state index contributed by atoms with van der Waals surface area (Å²) < 4.78 is 0. The third kappa shape index (κ3) is 43.9. The molecule has 0 aliphatic carbocycles. The first-order valence-electron chi connectivity index (χ1n) is 4.42. The second kappa shape index (κ2) is 40.3. The molecule has 0 saturated heterocycles. The van der Waals surface area contributed by atoms with Crippen molar-refractivity contribution in [3.05, 3.63) is 5.32 Å². The van der Waals surface area contributed by atoms with Crippen molar-refractivity contribution in [2.75, 3.05) is 20.7 Å². The molecule has 0 aromatic heterocycles. The van der Waals surface area contributed by atoms with E-state index < -0.39 is 0 Å². The number of hydrogen-bond donors (Lipinski definition) is 1. The van der Waals surface area contributed by atoms with Gasteiger partial charge in [0.05, 0.1) is 0 Å². The molecule has 75 valence electrons. The summed E-state index contributed by atoms with van der Waals surface area (Å²) in [5.74, 6) is 0. The Bertz CT molecular complexity index is 33.7. The summed E-state index contributed by atoms with van der Waals surface area (Å²) in [5.41, 5.74) is 0. The predicted octanol–water partition coefficient (Wildman–Crippen LogP) is 2.81. The van der Waals surface area contributed by atoms with E-state index in [2.05, 4.69) is 12.2 Å². The molecule has 0 rings (SSSR count). The number of aliphatic hydroxyl groups is 1. The van der Waals surface area contributed by atoms with Gasteiger partial charge in [0.15, 0.2) is 0 Å². The summed E-state index contributed by atoms with van der Waals surface area (Å²) in [7, 11) is 2.87. The number of rotatable bonds is 4. The van der Waals surface area contributed by atoms with Crippen LogP contribution in [0.2, 0.25) is 0 Å². The van der Waals surface area contributed by atoms with Crippen LogP contribution in [0.3, 0.4) is 0 Å². The first-order chi connectivity index (χ1) is 5.41. The molecule has 3 heteroatoms. The monoisotopic (exact) mass is 251 g/mol. The first-order valence-corrected chi connectivity index (χ1v) is 4.42. The molecule has 0 spiro atoms. The average molecular weight is 251 g/mol. The number of hydrogen-bond acceptors (Lipinski definition) is 1. The summed E-state index contributed by atoms with van der Waals surface area (Å²) in [4.78, 5) is 0. The predicted molar refractivity (Wildman–Crippen MR) is 53.2 cm³/mol. The molecule has 0 aliphatic rings. The van der Waals surface area contributed by atoms with Crippen LogP contribution in [0, 0.1) is 0 Å². The first kappa shape index (κ1) is 23.1. The molecular weight excluding hydrogens is 227 g/mol. The maximum Gasteiger partial charge on any atom is 0.0319 e. The Morgan fingerprint density at radius 2 is 1.50 bits per heavy atom. The van der Waals surface area contributed by atoms with E-state index in [0.29, 0.717) is 0 Å². The molecule has 0 aromatic rings. The summed E-state index contributed by atoms with van der Waals surface area (Å²) in [6.45, 7) is 7.25. The Morgan fingerprint density at radius 3 is 1.75 bits per heavy atom. The summed E-state index contributed by atoms with van der Waals surface area (Å²) >= 11 is 0. The van der Waals surface area contributed by atoms with Gasteiger partial charge in [-0.2, -0.15) is 7.05 Å². The number of aliphatic hydroxyl groups excluding tert-OH is 1. The van der Waals surface area contributed by atoms with Crippen LogP contribution >= 0.6 is 0 Å². The van der Waals surface area contributed by atoms with Crippen molar-refractivity contribution in [1.29, 1.82) is 0 Å². The van der Waals surface area contributed by atoms with Gasteiger partial charge in [-0.15, -0.1) is 6.54 Å². The number of unbranched alkanes of at least 4 members (excludes halogenated alkanes) is 2. The van der Waals surface area contributed by atoms with Crippen molar-refractivity contribution in [1.82, 2.24) is 0 Å². The Labute approximate surface area is 103 Å². The third-order valence-electron chi connectivity index (χ3n) is 0.985. The minimum absolute atomic E-state index is 0. The topological polar surface area (TPSA) is 34.3 Å². The maximum atomic E-state index is 7.00. The van der Waals surface area contributed by atoms with Crippen LogP contribution in [-0.4, -0.2) is 25.8 Å². The maximum absolute atomic E-state index is 7.00. The van der Waals surface area contributed by atoms with Gasteiger partial charge in [0, 0.05) is 39.8 Å². The SMILES string of the molecule is CC.CCCCC[N-]C.CO.[Y]. The van der Waals surface area contributed by atoms with Gasteiger partial charge in [0.2, 0.25) is 0 Å². The normalized spacial score (nSPS) is 6.50. The summed E-state index contributed by atoms with van der Waals surface area (Å²) in [5, 5.41) is 11.0. The van der Waals surface area contributed by atoms with Gasteiger partial charge < -0.3 is 10.4 Å². The van der Waals surface area contributed by atoms with E-state index in [-0.39, 0.29) is 32.7 Å². The third-order valence-corrected chi connectivity index (χ3v) is 0.985. The fourth-order valence-corrected chi connectivity index (χ4v) is 0.520. The molecule has 0 atom stereocenters. The fourth-order valence-electron chi connectivity index (χ4n) is 0.520. The van der Waals surface area contributed by atoms with Gasteiger partial charge in [-0.25, -0.2) is 0 Å². The van der Waals surface area contributed by atoms with Crippen LogP contribution in [0.1, 0.15) is 40.0 Å². The smallest absolute Gasteiger partial charge is 0.0319 e. The Morgan fingerprint density at radius 1 is 1.08 bits per heavy atom. The molecular formula is C9H24NOY-. The van der Waals surface area contributed by atoms with E-state index >= 15 is 0 Å². The van der Waals surface area contributed by atoms with E-state index in [1.807, 2.05) is 20.9 Å². The minimum atomic E-state index is 0. The molecule has 0 bridgehead atoms. The molecule has 1 N–H and O–H groups in total. The Hall–Kier alpha value is 1.02. The minimum Gasteiger partial charge on any atom is -0.665 e. The van der Waals surface area contributed by atoms with Gasteiger partial charge in [0.25, 0.3) is 0 Å². The molecule has 0 fully saturated rings. The average Bonchev–Trinajstić information content (AvgIpc) is 2.13.